The van der Waals surface area contributed by atoms with E-state index in [1.54, 1.807) is 0 Å². The van der Waals surface area contributed by atoms with E-state index in [-0.39, 0.29) is 0 Å². The number of benzene rings is 2. The van der Waals surface area contributed by atoms with Gasteiger partial charge in [0, 0.05) is 12.5 Å². The third-order valence-corrected chi connectivity index (χ3v) is 4.87. The lowest BCUT2D eigenvalue weighted by molar-refractivity contribution is -0.137. The Bertz CT molecular complexity index is 667. The quantitative estimate of drug-likeness (QED) is 0.783. The average molecular weight is 311 g/mol. The fourth-order valence-corrected chi connectivity index (χ4v) is 3.65. The van der Waals surface area contributed by atoms with E-state index in [1.165, 1.54) is 29.2 Å². The molecule has 1 unspecified atom stereocenters. The Hall–Kier alpha value is -1.87. The third kappa shape index (κ3) is 4.32. The van der Waals surface area contributed by atoms with Gasteiger partial charge in [-0.2, -0.15) is 0 Å². The highest BCUT2D eigenvalue weighted by Crippen LogP contribution is 2.24. The van der Waals surface area contributed by atoms with E-state index in [0.717, 1.165) is 32.4 Å². The van der Waals surface area contributed by atoms with Crippen LogP contribution in [0.1, 0.15) is 37.7 Å². The molecular formula is C20H25NO2. The Morgan fingerprint density at radius 1 is 1.13 bits per heavy atom. The van der Waals surface area contributed by atoms with Gasteiger partial charge in [0.05, 0.1) is 0 Å². The Morgan fingerprint density at radius 3 is 2.78 bits per heavy atom. The van der Waals surface area contributed by atoms with Gasteiger partial charge in [-0.25, -0.2) is 0 Å². The zero-order valence-electron chi connectivity index (χ0n) is 13.6. The minimum Gasteiger partial charge on any atom is -0.481 e. The van der Waals surface area contributed by atoms with Gasteiger partial charge in [-0.1, -0.05) is 42.5 Å². The molecule has 0 bridgehead atoms. The van der Waals surface area contributed by atoms with Crippen molar-refractivity contribution in [3.63, 3.8) is 0 Å². The minimum absolute atomic E-state index is 0.295. The first-order valence-corrected chi connectivity index (χ1v) is 8.66. The van der Waals surface area contributed by atoms with Gasteiger partial charge in [0.15, 0.2) is 0 Å². The van der Waals surface area contributed by atoms with Crippen molar-refractivity contribution in [2.45, 2.75) is 44.6 Å². The summed E-state index contributed by atoms with van der Waals surface area (Å²) >= 11 is 0. The lowest BCUT2D eigenvalue weighted by atomic mass is 10.0. The molecule has 0 spiro atoms. The molecule has 0 aromatic heterocycles. The molecule has 3 heteroatoms. The molecule has 1 aliphatic heterocycles. The van der Waals surface area contributed by atoms with Crippen molar-refractivity contribution in [1.82, 2.24) is 4.90 Å². The summed E-state index contributed by atoms with van der Waals surface area (Å²) in [5.74, 6) is -0.681. The minimum atomic E-state index is -0.681. The lowest BCUT2D eigenvalue weighted by Crippen LogP contribution is -2.32. The van der Waals surface area contributed by atoms with Crippen molar-refractivity contribution in [1.29, 1.82) is 0 Å². The number of nitrogens with zero attached hydrogens (tertiary/aromatic N) is 1. The number of carbonyl (C=O) groups is 1. The van der Waals surface area contributed by atoms with Gasteiger partial charge in [-0.15, -0.1) is 0 Å². The molecule has 0 aliphatic carbocycles. The molecule has 0 saturated carbocycles. The van der Waals surface area contributed by atoms with E-state index in [2.05, 4.69) is 47.4 Å². The third-order valence-electron chi connectivity index (χ3n) is 4.87. The van der Waals surface area contributed by atoms with Crippen LogP contribution in [-0.4, -0.2) is 35.1 Å². The average Bonchev–Trinajstić information content (AvgIpc) is 2.98. The van der Waals surface area contributed by atoms with Crippen LogP contribution in [0.15, 0.2) is 42.5 Å². The van der Waals surface area contributed by atoms with Gasteiger partial charge >= 0.3 is 5.97 Å². The van der Waals surface area contributed by atoms with Crippen molar-refractivity contribution in [2.75, 3.05) is 13.1 Å². The Kier molecular flexibility index (Phi) is 5.29. The summed E-state index contributed by atoms with van der Waals surface area (Å²) < 4.78 is 0. The zero-order chi connectivity index (χ0) is 16.1. The van der Waals surface area contributed by atoms with E-state index in [9.17, 15) is 4.79 Å². The summed E-state index contributed by atoms with van der Waals surface area (Å²) in [4.78, 5) is 13.1. The number of hydrogen-bond donors (Lipinski definition) is 1. The van der Waals surface area contributed by atoms with Crippen molar-refractivity contribution in [3.8, 4) is 0 Å². The molecule has 1 aliphatic rings. The molecule has 1 heterocycles. The number of aliphatic carboxylic acids is 1. The Morgan fingerprint density at radius 2 is 1.96 bits per heavy atom. The molecule has 0 radical (unpaired) electrons. The maximum Gasteiger partial charge on any atom is 0.303 e. The van der Waals surface area contributed by atoms with Gasteiger partial charge < -0.3 is 10.0 Å². The van der Waals surface area contributed by atoms with Crippen LogP contribution in [0.2, 0.25) is 0 Å². The number of fused-ring (bicyclic) bond motifs is 1. The summed E-state index contributed by atoms with van der Waals surface area (Å²) in [5, 5.41) is 11.3. The zero-order valence-corrected chi connectivity index (χ0v) is 13.6. The summed E-state index contributed by atoms with van der Waals surface area (Å²) in [7, 11) is 0. The molecule has 1 atom stereocenters. The van der Waals surface area contributed by atoms with Crippen LogP contribution in [0.25, 0.3) is 10.8 Å². The highest BCUT2D eigenvalue weighted by Gasteiger charge is 2.24. The summed E-state index contributed by atoms with van der Waals surface area (Å²) in [6.07, 6.45) is 5.69. The number of rotatable bonds is 7. The lowest BCUT2D eigenvalue weighted by Gasteiger charge is -2.24. The fourth-order valence-electron chi connectivity index (χ4n) is 3.65. The topological polar surface area (TPSA) is 40.5 Å². The predicted octanol–water partition coefficient (Wildman–Crippen LogP) is 4.10. The van der Waals surface area contributed by atoms with Crippen LogP contribution in [-0.2, 0) is 11.2 Å². The highest BCUT2D eigenvalue weighted by atomic mass is 16.4. The Balaban J connectivity index is 1.57. The fraction of sp³-hybridized carbons (Fsp3) is 0.450. The van der Waals surface area contributed by atoms with Crippen LogP contribution in [0.3, 0.4) is 0 Å². The van der Waals surface area contributed by atoms with Crippen molar-refractivity contribution >= 4 is 16.7 Å². The normalized spacial score (nSPS) is 18.5. The number of hydrogen-bond acceptors (Lipinski definition) is 2. The molecular weight excluding hydrogens is 286 g/mol. The van der Waals surface area contributed by atoms with Gasteiger partial charge in [0.25, 0.3) is 0 Å². The molecule has 2 aromatic rings. The van der Waals surface area contributed by atoms with Gasteiger partial charge in [0.2, 0.25) is 0 Å². The van der Waals surface area contributed by atoms with Gasteiger partial charge in [-0.05, 0) is 61.5 Å². The van der Waals surface area contributed by atoms with Crippen LogP contribution in [0, 0.1) is 0 Å². The van der Waals surface area contributed by atoms with Crippen molar-refractivity contribution in [2.24, 2.45) is 0 Å². The molecule has 122 valence electrons. The Labute approximate surface area is 137 Å². The van der Waals surface area contributed by atoms with E-state index >= 15 is 0 Å². The molecule has 1 fully saturated rings. The second-order valence-electron chi connectivity index (χ2n) is 6.57. The monoisotopic (exact) mass is 311 g/mol. The predicted molar refractivity (Wildman–Crippen MR) is 93.7 cm³/mol. The first kappa shape index (κ1) is 16.0. The number of likely N-dealkylation sites (tertiary alicyclic amines) is 1. The molecule has 0 amide bonds. The van der Waals surface area contributed by atoms with Crippen LogP contribution >= 0.6 is 0 Å². The standard InChI is InChI=1S/C20H25NO2/c22-20(23)9-3-4-12-21-13-5-8-19(21)15-16-10-11-17-6-1-2-7-18(17)14-16/h1-2,6-7,10-11,14,19H,3-5,8-9,12-13,15H2,(H,22,23). The molecule has 3 nitrogen and oxygen atoms in total. The van der Waals surface area contributed by atoms with E-state index in [1.807, 2.05) is 0 Å². The SMILES string of the molecule is O=C(O)CCCCN1CCCC1Cc1ccc2ccccc2c1. The number of unbranched alkanes of at least 4 members (excludes halogenated alkanes) is 1. The molecule has 3 rings (SSSR count). The van der Waals surface area contributed by atoms with Crippen LogP contribution < -0.4 is 0 Å². The van der Waals surface area contributed by atoms with Crippen LogP contribution in [0.4, 0.5) is 0 Å². The van der Waals surface area contributed by atoms with Crippen molar-refractivity contribution in [3.05, 3.63) is 48.0 Å². The first-order valence-electron chi connectivity index (χ1n) is 8.66. The molecule has 1 N–H and O–H groups in total. The van der Waals surface area contributed by atoms with Crippen LogP contribution in [0.5, 0.6) is 0 Å². The summed E-state index contributed by atoms with van der Waals surface area (Å²) in [6, 6.07) is 15.9. The summed E-state index contributed by atoms with van der Waals surface area (Å²) in [6.45, 7) is 2.19. The van der Waals surface area contributed by atoms with Gasteiger partial charge in [-0.3, -0.25) is 4.79 Å². The highest BCUT2D eigenvalue weighted by molar-refractivity contribution is 5.83. The van der Waals surface area contributed by atoms with E-state index in [4.69, 9.17) is 5.11 Å². The van der Waals surface area contributed by atoms with E-state index < -0.39 is 5.97 Å². The van der Waals surface area contributed by atoms with Gasteiger partial charge in [0.1, 0.15) is 0 Å². The smallest absolute Gasteiger partial charge is 0.303 e. The summed E-state index contributed by atoms with van der Waals surface area (Å²) in [5.41, 5.74) is 1.41. The molecule has 1 saturated heterocycles. The largest absolute Gasteiger partial charge is 0.481 e. The molecule has 2 aromatic carbocycles. The van der Waals surface area contributed by atoms with Crippen molar-refractivity contribution < 1.29 is 9.90 Å². The van der Waals surface area contributed by atoms with E-state index in [0.29, 0.717) is 12.5 Å². The number of carboxylic acids is 1. The second-order valence-corrected chi connectivity index (χ2v) is 6.57. The molecule has 23 heavy (non-hydrogen) atoms. The second kappa shape index (κ2) is 7.60. The maximum atomic E-state index is 10.6. The first-order chi connectivity index (χ1) is 11.2. The maximum absolute atomic E-state index is 10.6. The number of carboxylic acid groups (broad SMARTS) is 1.